The van der Waals surface area contributed by atoms with Crippen LogP contribution in [0.3, 0.4) is 0 Å². The molecule has 0 fully saturated rings. The third-order valence-corrected chi connectivity index (χ3v) is 3.75. The van der Waals surface area contributed by atoms with Crippen molar-refractivity contribution in [2.24, 2.45) is 0 Å². The van der Waals surface area contributed by atoms with Gasteiger partial charge in [0.25, 0.3) is 5.69 Å². The van der Waals surface area contributed by atoms with Gasteiger partial charge in [0, 0.05) is 13.2 Å². The summed E-state index contributed by atoms with van der Waals surface area (Å²) in [5, 5.41) is 11.5. The quantitative estimate of drug-likeness (QED) is 0.183. The number of hydrogen-bond donors (Lipinski definition) is 0. The molecule has 0 amide bonds. The van der Waals surface area contributed by atoms with Gasteiger partial charge in [0.2, 0.25) is 0 Å². The number of carbonyl (C=O) groups is 1. The average molecular weight is 405 g/mol. The molecule has 0 saturated heterocycles. The number of ether oxygens (including phenoxy) is 5. The molecule has 0 aliphatic rings. The highest BCUT2D eigenvalue weighted by Gasteiger charge is 2.26. The van der Waals surface area contributed by atoms with E-state index in [1.807, 2.05) is 6.92 Å². The van der Waals surface area contributed by atoms with Crippen LogP contribution in [0.5, 0.6) is 23.0 Å². The first kappa shape index (κ1) is 22.0. The van der Waals surface area contributed by atoms with Gasteiger partial charge in [-0.25, -0.2) is 4.79 Å². The first-order valence-corrected chi connectivity index (χ1v) is 8.93. The lowest BCUT2D eigenvalue weighted by molar-refractivity contribution is -0.385. The lowest BCUT2D eigenvalue weighted by Gasteiger charge is -2.12. The number of rotatable bonds is 11. The smallest absolute Gasteiger partial charge is 0.350 e. The normalized spacial score (nSPS) is 10.3. The summed E-state index contributed by atoms with van der Waals surface area (Å²) in [4.78, 5) is 23.3. The van der Waals surface area contributed by atoms with Crippen molar-refractivity contribution in [3.05, 3.63) is 52.1 Å². The number of esters is 1. The molecule has 0 aliphatic carbocycles. The van der Waals surface area contributed by atoms with Crippen LogP contribution in [0.1, 0.15) is 23.7 Å². The molecule has 156 valence electrons. The maximum absolute atomic E-state index is 12.6. The molecule has 9 nitrogen and oxygen atoms in total. The van der Waals surface area contributed by atoms with Gasteiger partial charge in [-0.3, -0.25) is 10.1 Å². The molecule has 9 heteroatoms. The van der Waals surface area contributed by atoms with Crippen molar-refractivity contribution in [2.75, 3.05) is 34.0 Å². The largest absolute Gasteiger partial charge is 0.494 e. The lowest BCUT2D eigenvalue weighted by Crippen LogP contribution is -2.13. The minimum atomic E-state index is -0.888. The van der Waals surface area contributed by atoms with Gasteiger partial charge in [-0.2, -0.15) is 0 Å². The summed E-state index contributed by atoms with van der Waals surface area (Å²) in [7, 11) is 2.87. The highest BCUT2D eigenvalue weighted by atomic mass is 16.6. The molecule has 0 N–H and O–H groups in total. The van der Waals surface area contributed by atoms with Crippen molar-refractivity contribution in [2.45, 2.75) is 13.3 Å². The Hall–Kier alpha value is -3.33. The van der Waals surface area contributed by atoms with Gasteiger partial charge in [-0.15, -0.1) is 0 Å². The van der Waals surface area contributed by atoms with Gasteiger partial charge in [0.15, 0.2) is 11.5 Å². The fourth-order valence-electron chi connectivity index (χ4n) is 2.36. The van der Waals surface area contributed by atoms with Crippen molar-refractivity contribution >= 4 is 11.7 Å². The number of hydrogen-bond acceptors (Lipinski definition) is 8. The van der Waals surface area contributed by atoms with E-state index in [1.54, 1.807) is 24.3 Å². The Kier molecular flexibility index (Phi) is 8.23. The van der Waals surface area contributed by atoms with E-state index in [4.69, 9.17) is 23.7 Å². The second-order valence-corrected chi connectivity index (χ2v) is 5.83. The second-order valence-electron chi connectivity index (χ2n) is 5.83. The van der Waals surface area contributed by atoms with Crippen molar-refractivity contribution in [1.82, 2.24) is 0 Å². The maximum Gasteiger partial charge on any atom is 0.350 e. The molecule has 0 unspecified atom stereocenters. The van der Waals surface area contributed by atoms with Crippen LogP contribution in [0.15, 0.2) is 36.4 Å². The maximum atomic E-state index is 12.6. The van der Waals surface area contributed by atoms with E-state index in [-0.39, 0.29) is 29.4 Å². The van der Waals surface area contributed by atoms with E-state index in [1.165, 1.54) is 20.3 Å². The Labute approximate surface area is 168 Å². The Balaban J connectivity index is 2.24. The van der Waals surface area contributed by atoms with E-state index in [0.717, 1.165) is 12.5 Å². The van der Waals surface area contributed by atoms with Crippen LogP contribution in [-0.2, 0) is 4.74 Å². The third kappa shape index (κ3) is 6.08. The molecule has 2 rings (SSSR count). The number of methoxy groups -OCH3 is 2. The Morgan fingerprint density at radius 3 is 2.24 bits per heavy atom. The Morgan fingerprint density at radius 2 is 1.66 bits per heavy atom. The topological polar surface area (TPSA) is 106 Å². The summed E-state index contributed by atoms with van der Waals surface area (Å²) in [5.74, 6) is 0.275. The molecule has 0 saturated carbocycles. The number of benzene rings is 2. The number of carbonyl (C=O) groups excluding carboxylic acids is 1. The molecule has 29 heavy (non-hydrogen) atoms. The molecule has 2 aromatic rings. The molecule has 0 bridgehead atoms. The van der Waals surface area contributed by atoms with Gasteiger partial charge >= 0.3 is 5.97 Å². The Morgan fingerprint density at radius 1 is 0.966 bits per heavy atom. The van der Waals surface area contributed by atoms with Crippen molar-refractivity contribution < 1.29 is 33.4 Å². The summed E-state index contributed by atoms with van der Waals surface area (Å²) in [6.45, 7) is 3.02. The molecule has 0 aliphatic heterocycles. The summed E-state index contributed by atoms with van der Waals surface area (Å²) >= 11 is 0. The first-order chi connectivity index (χ1) is 14.0. The monoisotopic (exact) mass is 405 g/mol. The minimum absolute atomic E-state index is 0.130. The van der Waals surface area contributed by atoms with E-state index in [9.17, 15) is 14.9 Å². The highest BCUT2D eigenvalue weighted by Crippen LogP contribution is 2.35. The number of nitrogens with zero attached hydrogens (tertiary/aromatic N) is 1. The fraction of sp³-hybridized carbons (Fsp3) is 0.350. The number of nitro groups is 1. The van der Waals surface area contributed by atoms with Crippen LogP contribution < -0.4 is 18.9 Å². The predicted octanol–water partition coefficient (Wildman–Crippen LogP) is 3.64. The number of nitro benzene ring substituents is 1. The SMILES string of the molecule is CCCOc1ccc(OC(=O)c2cc(OC)c(OCCOC)cc2[N+](=O)[O-])cc1. The summed E-state index contributed by atoms with van der Waals surface area (Å²) in [5.41, 5.74) is -0.705. The summed E-state index contributed by atoms with van der Waals surface area (Å²) in [6, 6.07) is 8.76. The standard InChI is InChI=1S/C20H23NO8/c1-4-9-27-14-5-7-15(8-6-14)29-20(22)16-12-18(26-3)19(28-11-10-25-2)13-17(16)21(23)24/h5-8,12-13H,4,9-11H2,1-3H3. The molecule has 0 heterocycles. The van der Waals surface area contributed by atoms with Gasteiger partial charge in [-0.1, -0.05) is 6.92 Å². The highest BCUT2D eigenvalue weighted by molar-refractivity contribution is 5.96. The van der Waals surface area contributed by atoms with Crippen LogP contribution >= 0.6 is 0 Å². The molecule has 2 aromatic carbocycles. The van der Waals surface area contributed by atoms with E-state index in [0.29, 0.717) is 19.0 Å². The van der Waals surface area contributed by atoms with Crippen molar-refractivity contribution in [3.8, 4) is 23.0 Å². The molecule has 0 atom stereocenters. The van der Waals surface area contributed by atoms with Crippen LogP contribution in [0.25, 0.3) is 0 Å². The zero-order valence-electron chi connectivity index (χ0n) is 16.5. The van der Waals surface area contributed by atoms with Gasteiger partial charge in [-0.05, 0) is 30.7 Å². The Bertz CT molecular complexity index is 835. The first-order valence-electron chi connectivity index (χ1n) is 8.93. The summed E-state index contributed by atoms with van der Waals surface area (Å²) < 4.78 is 26.3. The van der Waals surface area contributed by atoms with E-state index < -0.39 is 16.6 Å². The van der Waals surface area contributed by atoms with Gasteiger partial charge < -0.3 is 23.7 Å². The van der Waals surface area contributed by atoms with Crippen molar-refractivity contribution in [3.63, 3.8) is 0 Å². The van der Waals surface area contributed by atoms with Crippen LogP contribution in [-0.4, -0.2) is 44.9 Å². The van der Waals surface area contributed by atoms with Gasteiger partial charge in [0.05, 0.1) is 31.3 Å². The van der Waals surface area contributed by atoms with Crippen LogP contribution in [0.2, 0.25) is 0 Å². The molecule has 0 radical (unpaired) electrons. The van der Waals surface area contributed by atoms with Crippen LogP contribution in [0, 0.1) is 10.1 Å². The predicted molar refractivity (Wildman–Crippen MR) is 104 cm³/mol. The fourth-order valence-corrected chi connectivity index (χ4v) is 2.36. The average Bonchev–Trinajstić information content (AvgIpc) is 2.72. The molecule has 0 aromatic heterocycles. The third-order valence-electron chi connectivity index (χ3n) is 3.75. The zero-order chi connectivity index (χ0) is 21.2. The molecular formula is C20H23NO8. The molecular weight excluding hydrogens is 382 g/mol. The van der Waals surface area contributed by atoms with Crippen molar-refractivity contribution in [1.29, 1.82) is 0 Å². The summed E-state index contributed by atoms with van der Waals surface area (Å²) in [6.07, 6.45) is 0.868. The van der Waals surface area contributed by atoms with E-state index >= 15 is 0 Å². The van der Waals surface area contributed by atoms with E-state index in [2.05, 4.69) is 0 Å². The second kappa shape index (κ2) is 10.9. The van der Waals surface area contributed by atoms with Gasteiger partial charge in [0.1, 0.15) is 23.7 Å². The lowest BCUT2D eigenvalue weighted by atomic mass is 10.1. The zero-order valence-corrected chi connectivity index (χ0v) is 16.5. The minimum Gasteiger partial charge on any atom is -0.494 e. The van der Waals surface area contributed by atoms with Crippen LogP contribution in [0.4, 0.5) is 5.69 Å². The molecule has 0 spiro atoms.